The van der Waals surface area contributed by atoms with Crippen molar-refractivity contribution in [1.29, 1.82) is 0 Å². The summed E-state index contributed by atoms with van der Waals surface area (Å²) >= 11 is 5.92. The van der Waals surface area contributed by atoms with Gasteiger partial charge in [-0.2, -0.15) is 0 Å². The zero-order valence-corrected chi connectivity index (χ0v) is 22.0. The number of benzene rings is 3. The number of aromatic nitrogens is 2. The van der Waals surface area contributed by atoms with Gasteiger partial charge in [0.1, 0.15) is 23.0 Å². The van der Waals surface area contributed by atoms with Crippen molar-refractivity contribution in [2.45, 2.75) is 50.7 Å². The lowest BCUT2D eigenvalue weighted by Crippen LogP contribution is -2.35. The highest BCUT2D eigenvalue weighted by atomic mass is 35.5. The van der Waals surface area contributed by atoms with Gasteiger partial charge in [-0.25, -0.2) is 13.8 Å². The number of hydrogen-bond acceptors (Lipinski definition) is 5. The molecular formula is C30H28ClF2N3O3. The first-order valence-electron chi connectivity index (χ1n) is 13.4. The van der Waals surface area contributed by atoms with Gasteiger partial charge in [0.2, 0.25) is 0 Å². The van der Waals surface area contributed by atoms with Crippen molar-refractivity contribution in [1.82, 2.24) is 14.5 Å². The lowest BCUT2D eigenvalue weighted by molar-refractivity contribution is -0.0592. The molecule has 4 aromatic rings. The molecule has 0 saturated carbocycles. The van der Waals surface area contributed by atoms with E-state index in [1.54, 1.807) is 18.2 Å². The SMILES string of the molecule is Fc1cc(Cl)ccc1C1Oc2cccc(C3CCN(Cc4nc5cccc(F)c5n4C[C@@H]4CCO4)CC3)c2O1. The van der Waals surface area contributed by atoms with E-state index in [4.69, 9.17) is 30.8 Å². The van der Waals surface area contributed by atoms with Crippen LogP contribution in [0.25, 0.3) is 11.0 Å². The van der Waals surface area contributed by atoms with Crippen molar-refractivity contribution < 1.29 is 23.0 Å². The summed E-state index contributed by atoms with van der Waals surface area (Å²) in [5, 5.41) is 0.330. The fourth-order valence-electron chi connectivity index (χ4n) is 5.88. The van der Waals surface area contributed by atoms with Gasteiger partial charge in [0.25, 0.3) is 6.29 Å². The maximum atomic E-state index is 14.8. The number of piperidine rings is 1. The molecule has 3 aliphatic heterocycles. The van der Waals surface area contributed by atoms with Crippen LogP contribution in [0.4, 0.5) is 8.78 Å². The number of imidazole rings is 1. The van der Waals surface area contributed by atoms with E-state index in [1.807, 2.05) is 22.8 Å². The van der Waals surface area contributed by atoms with Crippen LogP contribution >= 0.6 is 11.6 Å². The number of likely N-dealkylation sites (tertiary alicyclic amines) is 1. The lowest BCUT2D eigenvalue weighted by atomic mass is 9.88. The molecule has 4 heterocycles. The molecule has 0 bridgehead atoms. The fourth-order valence-corrected chi connectivity index (χ4v) is 6.04. The summed E-state index contributed by atoms with van der Waals surface area (Å²) in [6.45, 7) is 3.77. The lowest BCUT2D eigenvalue weighted by Gasteiger charge is -2.33. The number of nitrogens with zero attached hydrogens (tertiary/aromatic N) is 3. The number of hydrogen-bond donors (Lipinski definition) is 0. The molecule has 3 aromatic carbocycles. The second-order valence-electron chi connectivity index (χ2n) is 10.5. The number of fused-ring (bicyclic) bond motifs is 2. The average Bonchev–Trinajstić information content (AvgIpc) is 3.48. The Morgan fingerprint density at radius 1 is 0.923 bits per heavy atom. The smallest absolute Gasteiger partial charge is 0.270 e. The van der Waals surface area contributed by atoms with Crippen LogP contribution in [-0.4, -0.2) is 40.3 Å². The van der Waals surface area contributed by atoms with Crippen LogP contribution in [0.5, 0.6) is 11.5 Å². The van der Waals surface area contributed by atoms with E-state index in [1.165, 1.54) is 12.1 Å². The molecule has 0 spiro atoms. The highest BCUT2D eigenvalue weighted by Crippen LogP contribution is 2.47. The molecule has 202 valence electrons. The predicted molar refractivity (Wildman–Crippen MR) is 143 cm³/mol. The zero-order valence-electron chi connectivity index (χ0n) is 21.3. The quantitative estimate of drug-likeness (QED) is 0.270. The molecule has 6 nitrogen and oxygen atoms in total. The van der Waals surface area contributed by atoms with Gasteiger partial charge in [-0.1, -0.05) is 29.8 Å². The zero-order chi connectivity index (χ0) is 26.5. The first kappa shape index (κ1) is 24.8. The van der Waals surface area contributed by atoms with E-state index in [0.29, 0.717) is 46.2 Å². The molecule has 2 fully saturated rings. The summed E-state index contributed by atoms with van der Waals surface area (Å²) in [6, 6.07) is 15.5. The maximum absolute atomic E-state index is 14.8. The molecule has 3 aliphatic rings. The molecule has 7 rings (SSSR count). The minimum absolute atomic E-state index is 0.110. The standard InChI is InChI=1S/C30H28ClF2N3O3/c31-19-7-8-22(24(33)15-19)30-38-26-6-1-3-21(29(26)39-30)18-9-12-35(13-10-18)17-27-34-25-5-2-4-23(32)28(25)36(27)16-20-11-14-37-20/h1-8,15,18,20,30H,9-14,16-17H2/t20-,30?/m0/s1. The predicted octanol–water partition coefficient (Wildman–Crippen LogP) is 6.61. The summed E-state index contributed by atoms with van der Waals surface area (Å²) in [7, 11) is 0. The van der Waals surface area contributed by atoms with Gasteiger partial charge in [-0.05, 0) is 74.7 Å². The summed E-state index contributed by atoms with van der Waals surface area (Å²) in [5.41, 5.74) is 2.65. The maximum Gasteiger partial charge on any atom is 0.270 e. The normalized spacial score (nSPS) is 21.4. The van der Waals surface area contributed by atoms with Crippen molar-refractivity contribution >= 4 is 22.6 Å². The van der Waals surface area contributed by atoms with Crippen LogP contribution in [0.15, 0.2) is 54.6 Å². The van der Waals surface area contributed by atoms with Crippen LogP contribution < -0.4 is 9.47 Å². The monoisotopic (exact) mass is 551 g/mol. The van der Waals surface area contributed by atoms with Crippen molar-refractivity contribution in [2.24, 2.45) is 0 Å². The van der Waals surface area contributed by atoms with E-state index in [2.05, 4.69) is 11.0 Å². The summed E-state index contributed by atoms with van der Waals surface area (Å²) in [6.07, 6.45) is 2.11. The van der Waals surface area contributed by atoms with E-state index in [9.17, 15) is 8.78 Å². The second kappa shape index (κ2) is 10.1. The van der Waals surface area contributed by atoms with Crippen molar-refractivity contribution in [2.75, 3.05) is 19.7 Å². The first-order chi connectivity index (χ1) is 19.0. The average molecular weight is 552 g/mol. The number of halogens is 3. The van der Waals surface area contributed by atoms with Crippen molar-refractivity contribution in [3.05, 3.63) is 88.2 Å². The van der Waals surface area contributed by atoms with Crippen LogP contribution in [0.3, 0.4) is 0 Å². The third-order valence-electron chi connectivity index (χ3n) is 8.05. The second-order valence-corrected chi connectivity index (χ2v) is 10.9. The van der Waals surface area contributed by atoms with Gasteiger partial charge in [0, 0.05) is 17.2 Å². The van der Waals surface area contributed by atoms with Crippen LogP contribution in [0.1, 0.15) is 48.4 Å². The third kappa shape index (κ3) is 4.64. The summed E-state index contributed by atoms with van der Waals surface area (Å²) in [5.74, 6) is 1.77. The number of ether oxygens (including phenoxy) is 3. The molecule has 1 unspecified atom stereocenters. The molecular weight excluding hydrogens is 524 g/mol. The van der Waals surface area contributed by atoms with Gasteiger partial charge in [0.05, 0.1) is 30.3 Å². The molecule has 2 saturated heterocycles. The molecule has 39 heavy (non-hydrogen) atoms. The fraction of sp³-hybridized carbons (Fsp3) is 0.367. The largest absolute Gasteiger partial charge is 0.447 e. The molecule has 9 heteroatoms. The molecule has 1 aromatic heterocycles. The Morgan fingerprint density at radius 2 is 1.74 bits per heavy atom. The Labute approximate surface area is 230 Å². The Kier molecular flexibility index (Phi) is 6.41. The van der Waals surface area contributed by atoms with Gasteiger partial charge in [0.15, 0.2) is 11.5 Å². The minimum Gasteiger partial charge on any atom is -0.447 e. The summed E-state index contributed by atoms with van der Waals surface area (Å²) < 4.78 is 49.1. The Morgan fingerprint density at radius 3 is 2.51 bits per heavy atom. The highest BCUT2D eigenvalue weighted by molar-refractivity contribution is 6.30. The summed E-state index contributed by atoms with van der Waals surface area (Å²) in [4.78, 5) is 7.18. The molecule has 0 amide bonds. The molecule has 0 radical (unpaired) electrons. The molecule has 0 aliphatic carbocycles. The first-order valence-corrected chi connectivity index (χ1v) is 13.8. The third-order valence-corrected chi connectivity index (χ3v) is 8.29. The minimum atomic E-state index is -0.841. The number of rotatable bonds is 6. The van der Waals surface area contributed by atoms with Gasteiger partial charge in [-0.15, -0.1) is 0 Å². The van der Waals surface area contributed by atoms with Gasteiger partial charge >= 0.3 is 0 Å². The number of para-hydroxylation sites is 2. The molecule has 0 N–H and O–H groups in total. The Balaban J connectivity index is 1.06. The van der Waals surface area contributed by atoms with E-state index < -0.39 is 12.1 Å². The van der Waals surface area contributed by atoms with E-state index in [0.717, 1.165) is 50.3 Å². The van der Waals surface area contributed by atoms with Crippen LogP contribution in [-0.2, 0) is 17.8 Å². The van der Waals surface area contributed by atoms with Crippen molar-refractivity contribution in [3.63, 3.8) is 0 Å². The Bertz CT molecular complexity index is 1530. The molecule has 2 atom stereocenters. The Hall–Kier alpha value is -3.20. The van der Waals surface area contributed by atoms with Crippen LogP contribution in [0, 0.1) is 11.6 Å². The van der Waals surface area contributed by atoms with E-state index in [-0.39, 0.29) is 17.8 Å². The highest BCUT2D eigenvalue weighted by Gasteiger charge is 2.33. The van der Waals surface area contributed by atoms with Gasteiger partial charge < -0.3 is 18.8 Å². The van der Waals surface area contributed by atoms with Crippen molar-refractivity contribution in [3.8, 4) is 11.5 Å². The van der Waals surface area contributed by atoms with Crippen LogP contribution in [0.2, 0.25) is 5.02 Å². The van der Waals surface area contributed by atoms with Gasteiger partial charge in [-0.3, -0.25) is 4.90 Å². The topological polar surface area (TPSA) is 48.8 Å². The van der Waals surface area contributed by atoms with E-state index >= 15 is 0 Å².